The van der Waals surface area contributed by atoms with Gasteiger partial charge in [0.1, 0.15) is 11.5 Å². The number of rotatable bonds is 6. The van der Waals surface area contributed by atoms with Crippen molar-refractivity contribution in [2.45, 2.75) is 38.8 Å². The molecule has 1 aliphatic heterocycles. The van der Waals surface area contributed by atoms with Crippen molar-refractivity contribution < 1.29 is 9.47 Å². The minimum atomic E-state index is 0.310. The molecule has 1 saturated heterocycles. The summed E-state index contributed by atoms with van der Waals surface area (Å²) in [6, 6.07) is 6.95. The van der Waals surface area contributed by atoms with Gasteiger partial charge in [-0.05, 0) is 51.1 Å². The Morgan fingerprint density at radius 2 is 2.14 bits per heavy atom. The number of likely N-dealkylation sites (N-methyl/N-ethyl adjacent to an activating group) is 1. The number of hydrogen-bond donors (Lipinski definition) is 1. The lowest BCUT2D eigenvalue weighted by molar-refractivity contribution is 0.126. The van der Waals surface area contributed by atoms with Crippen LogP contribution in [-0.2, 0) is 0 Å². The Morgan fingerprint density at radius 1 is 1.33 bits per heavy atom. The Labute approximate surface area is 128 Å². The Hall–Kier alpha value is -1.26. The van der Waals surface area contributed by atoms with Crippen molar-refractivity contribution in [2.24, 2.45) is 0 Å². The molecule has 4 heteroatoms. The molecule has 1 aromatic rings. The number of benzene rings is 1. The van der Waals surface area contributed by atoms with Crippen molar-refractivity contribution in [3.8, 4) is 11.5 Å². The van der Waals surface area contributed by atoms with E-state index in [4.69, 9.17) is 9.47 Å². The number of ether oxygens (including phenoxy) is 2. The molecule has 1 N–H and O–H groups in total. The standard InChI is InChI=1S/C17H28N2O2/c1-5-19(14-7-6-10-18-12-14)13(2)16-11-15(20-3)8-9-17(16)21-4/h8-9,11,13-14,18H,5-7,10,12H2,1-4H3. The van der Waals surface area contributed by atoms with E-state index >= 15 is 0 Å². The molecule has 1 heterocycles. The third kappa shape index (κ3) is 3.69. The zero-order valence-electron chi connectivity index (χ0n) is 13.7. The van der Waals surface area contributed by atoms with Crippen LogP contribution >= 0.6 is 0 Å². The summed E-state index contributed by atoms with van der Waals surface area (Å²) < 4.78 is 10.9. The Balaban J connectivity index is 2.25. The Morgan fingerprint density at radius 3 is 2.71 bits per heavy atom. The van der Waals surface area contributed by atoms with E-state index in [9.17, 15) is 0 Å². The van der Waals surface area contributed by atoms with Gasteiger partial charge in [-0.1, -0.05) is 6.92 Å². The minimum Gasteiger partial charge on any atom is -0.497 e. The van der Waals surface area contributed by atoms with Crippen LogP contribution in [0.2, 0.25) is 0 Å². The molecule has 0 amide bonds. The zero-order chi connectivity index (χ0) is 15.2. The molecule has 1 fully saturated rings. The van der Waals surface area contributed by atoms with Gasteiger partial charge in [0.15, 0.2) is 0 Å². The van der Waals surface area contributed by atoms with Crippen molar-refractivity contribution in [3.63, 3.8) is 0 Å². The second-order valence-electron chi connectivity index (χ2n) is 5.61. The topological polar surface area (TPSA) is 33.7 Å². The van der Waals surface area contributed by atoms with E-state index in [2.05, 4.69) is 30.1 Å². The maximum atomic E-state index is 5.55. The quantitative estimate of drug-likeness (QED) is 0.874. The van der Waals surface area contributed by atoms with Gasteiger partial charge in [-0.25, -0.2) is 0 Å². The fourth-order valence-corrected chi connectivity index (χ4v) is 3.31. The fraction of sp³-hybridized carbons (Fsp3) is 0.647. The molecule has 2 atom stereocenters. The maximum absolute atomic E-state index is 5.55. The molecule has 0 aromatic heterocycles. The van der Waals surface area contributed by atoms with E-state index in [-0.39, 0.29) is 0 Å². The molecule has 0 bridgehead atoms. The van der Waals surface area contributed by atoms with E-state index in [1.807, 2.05) is 12.1 Å². The first kappa shape index (κ1) is 16.1. The molecular weight excluding hydrogens is 264 g/mol. The third-order valence-electron chi connectivity index (χ3n) is 4.49. The molecule has 2 unspecified atom stereocenters. The van der Waals surface area contributed by atoms with Crippen LogP contribution in [-0.4, -0.2) is 44.8 Å². The van der Waals surface area contributed by atoms with E-state index in [0.717, 1.165) is 31.1 Å². The maximum Gasteiger partial charge on any atom is 0.123 e. The summed E-state index contributed by atoms with van der Waals surface area (Å²) in [5.41, 5.74) is 1.20. The molecule has 0 spiro atoms. The number of piperidine rings is 1. The Kier molecular flexibility index (Phi) is 5.88. The van der Waals surface area contributed by atoms with E-state index < -0.39 is 0 Å². The van der Waals surface area contributed by atoms with Crippen LogP contribution in [0.1, 0.15) is 38.3 Å². The van der Waals surface area contributed by atoms with Gasteiger partial charge in [0.2, 0.25) is 0 Å². The predicted molar refractivity (Wildman–Crippen MR) is 86.2 cm³/mol. The van der Waals surface area contributed by atoms with Gasteiger partial charge in [0.25, 0.3) is 0 Å². The number of nitrogens with zero attached hydrogens (tertiary/aromatic N) is 1. The van der Waals surface area contributed by atoms with Gasteiger partial charge in [-0.15, -0.1) is 0 Å². The summed E-state index contributed by atoms with van der Waals surface area (Å²) in [5, 5.41) is 3.51. The van der Waals surface area contributed by atoms with Crippen LogP contribution in [0.15, 0.2) is 18.2 Å². The average molecular weight is 292 g/mol. The first-order chi connectivity index (χ1) is 10.2. The van der Waals surface area contributed by atoms with Gasteiger partial charge in [0, 0.05) is 24.2 Å². The highest BCUT2D eigenvalue weighted by Gasteiger charge is 2.26. The van der Waals surface area contributed by atoms with Gasteiger partial charge in [-0.3, -0.25) is 4.90 Å². The highest BCUT2D eigenvalue weighted by Crippen LogP contribution is 2.34. The van der Waals surface area contributed by atoms with E-state index in [0.29, 0.717) is 12.1 Å². The molecule has 0 radical (unpaired) electrons. The second kappa shape index (κ2) is 7.66. The molecule has 0 aliphatic carbocycles. The highest BCUT2D eigenvalue weighted by molar-refractivity contribution is 5.42. The molecule has 0 saturated carbocycles. The fourth-order valence-electron chi connectivity index (χ4n) is 3.31. The van der Waals surface area contributed by atoms with Crippen LogP contribution in [0.5, 0.6) is 11.5 Å². The normalized spacial score (nSPS) is 20.3. The summed E-state index contributed by atoms with van der Waals surface area (Å²) in [4.78, 5) is 2.56. The first-order valence-electron chi connectivity index (χ1n) is 7.89. The summed E-state index contributed by atoms with van der Waals surface area (Å²) in [5.74, 6) is 1.82. The van der Waals surface area contributed by atoms with Crippen molar-refractivity contribution in [2.75, 3.05) is 33.9 Å². The smallest absolute Gasteiger partial charge is 0.123 e. The summed E-state index contributed by atoms with van der Waals surface area (Å²) >= 11 is 0. The molecule has 2 rings (SSSR count). The number of nitrogens with one attached hydrogen (secondary N) is 1. The van der Waals surface area contributed by atoms with Crippen molar-refractivity contribution in [1.82, 2.24) is 10.2 Å². The van der Waals surface area contributed by atoms with Gasteiger partial charge in [-0.2, -0.15) is 0 Å². The Bertz CT molecular complexity index is 444. The lowest BCUT2D eigenvalue weighted by Gasteiger charge is -2.38. The van der Waals surface area contributed by atoms with E-state index in [1.165, 1.54) is 18.4 Å². The lowest BCUT2D eigenvalue weighted by Crippen LogP contribution is -2.46. The summed E-state index contributed by atoms with van der Waals surface area (Å²) in [7, 11) is 3.44. The van der Waals surface area contributed by atoms with Gasteiger partial charge in [0.05, 0.1) is 14.2 Å². The first-order valence-corrected chi connectivity index (χ1v) is 7.89. The minimum absolute atomic E-state index is 0.310. The van der Waals surface area contributed by atoms with Crippen molar-refractivity contribution in [1.29, 1.82) is 0 Å². The predicted octanol–water partition coefficient (Wildman–Crippen LogP) is 2.84. The zero-order valence-corrected chi connectivity index (χ0v) is 13.7. The van der Waals surface area contributed by atoms with Crippen LogP contribution in [0, 0.1) is 0 Å². The van der Waals surface area contributed by atoms with Crippen LogP contribution < -0.4 is 14.8 Å². The second-order valence-corrected chi connectivity index (χ2v) is 5.61. The van der Waals surface area contributed by atoms with Crippen LogP contribution in [0.3, 0.4) is 0 Å². The average Bonchev–Trinajstić information content (AvgIpc) is 2.55. The van der Waals surface area contributed by atoms with Crippen LogP contribution in [0.25, 0.3) is 0 Å². The van der Waals surface area contributed by atoms with Gasteiger partial charge < -0.3 is 14.8 Å². The van der Waals surface area contributed by atoms with Crippen molar-refractivity contribution in [3.05, 3.63) is 23.8 Å². The largest absolute Gasteiger partial charge is 0.497 e. The molecule has 1 aromatic carbocycles. The molecule has 4 nitrogen and oxygen atoms in total. The number of hydrogen-bond acceptors (Lipinski definition) is 4. The van der Waals surface area contributed by atoms with E-state index in [1.54, 1.807) is 14.2 Å². The third-order valence-corrected chi connectivity index (χ3v) is 4.49. The van der Waals surface area contributed by atoms with Crippen molar-refractivity contribution >= 4 is 0 Å². The van der Waals surface area contributed by atoms with Crippen LogP contribution in [0.4, 0.5) is 0 Å². The highest BCUT2D eigenvalue weighted by atomic mass is 16.5. The van der Waals surface area contributed by atoms with Gasteiger partial charge >= 0.3 is 0 Å². The monoisotopic (exact) mass is 292 g/mol. The number of methoxy groups -OCH3 is 2. The SMILES string of the molecule is CCN(C1CCCNC1)C(C)c1cc(OC)ccc1OC. The molecular formula is C17H28N2O2. The summed E-state index contributed by atoms with van der Waals surface area (Å²) in [6.07, 6.45) is 2.51. The molecule has 118 valence electrons. The summed E-state index contributed by atoms with van der Waals surface area (Å²) in [6.45, 7) is 7.75. The molecule has 21 heavy (non-hydrogen) atoms. The lowest BCUT2D eigenvalue weighted by atomic mass is 9.99. The molecule has 1 aliphatic rings.